The zero-order valence-corrected chi connectivity index (χ0v) is 12.8. The molecule has 0 fully saturated rings. The van der Waals surface area contributed by atoms with Crippen molar-refractivity contribution >= 4 is 29.2 Å². The van der Waals surface area contributed by atoms with Crippen molar-refractivity contribution in [2.75, 3.05) is 12.0 Å². The average Bonchev–Trinajstić information content (AvgIpc) is 2.85. The van der Waals surface area contributed by atoms with Crippen molar-refractivity contribution in [2.45, 2.75) is 0 Å². The first-order chi connectivity index (χ1) is 12.0. The molecule has 126 valence electrons. The van der Waals surface area contributed by atoms with Crippen LogP contribution in [0.5, 0.6) is 0 Å². The predicted octanol–water partition coefficient (Wildman–Crippen LogP) is 1.97. The van der Waals surface area contributed by atoms with Gasteiger partial charge in [0.1, 0.15) is 6.67 Å². The maximum Gasteiger partial charge on any atom is 0.320 e. The summed E-state index contributed by atoms with van der Waals surface area (Å²) in [5, 5.41) is 15.5. The number of imide groups is 1. The molecule has 0 atom stereocenters. The fraction of sp³-hybridized carbons (Fsp3) is 0.0625. The average molecular weight is 340 g/mol. The van der Waals surface area contributed by atoms with Crippen LogP contribution in [0.15, 0.2) is 48.5 Å². The van der Waals surface area contributed by atoms with Crippen molar-refractivity contribution in [3.8, 4) is 0 Å². The molecule has 1 heterocycles. The number of rotatable bonds is 4. The first kappa shape index (κ1) is 16.1. The smallest absolute Gasteiger partial charge is 0.320 e. The van der Waals surface area contributed by atoms with Gasteiger partial charge in [-0.1, -0.05) is 18.2 Å². The number of nitrogens with zero attached hydrogens (tertiary/aromatic N) is 2. The molecular weight excluding hydrogens is 328 g/mol. The molecule has 2 N–H and O–H groups in total. The van der Waals surface area contributed by atoms with Gasteiger partial charge in [0.2, 0.25) is 0 Å². The molecular formula is C16H12N4O5. The van der Waals surface area contributed by atoms with E-state index in [1.54, 1.807) is 24.3 Å². The SMILES string of the molecule is O=C(NCN1C(=O)c2ccccc2C1=O)Nc1cccc([N+](=O)[O-])c1. The first-order valence-corrected chi connectivity index (χ1v) is 7.22. The number of nitro groups is 1. The van der Waals surface area contributed by atoms with Crippen molar-refractivity contribution in [1.82, 2.24) is 10.2 Å². The van der Waals surface area contributed by atoms with Gasteiger partial charge in [-0.2, -0.15) is 0 Å². The highest BCUT2D eigenvalue weighted by atomic mass is 16.6. The van der Waals surface area contributed by atoms with Crippen LogP contribution in [-0.4, -0.2) is 34.3 Å². The van der Waals surface area contributed by atoms with E-state index in [4.69, 9.17) is 0 Å². The number of fused-ring (bicyclic) bond motifs is 1. The Morgan fingerprint density at radius 3 is 2.28 bits per heavy atom. The van der Waals surface area contributed by atoms with E-state index < -0.39 is 22.8 Å². The normalized spacial score (nSPS) is 12.7. The Bertz CT molecular complexity index is 861. The number of carbonyl (C=O) groups is 3. The lowest BCUT2D eigenvalue weighted by Gasteiger charge is -2.15. The van der Waals surface area contributed by atoms with E-state index >= 15 is 0 Å². The lowest BCUT2D eigenvalue weighted by Crippen LogP contribution is -2.42. The third-order valence-corrected chi connectivity index (χ3v) is 3.59. The highest BCUT2D eigenvalue weighted by molar-refractivity contribution is 6.21. The lowest BCUT2D eigenvalue weighted by atomic mass is 10.1. The van der Waals surface area contributed by atoms with Crippen molar-refractivity contribution < 1.29 is 19.3 Å². The second-order valence-electron chi connectivity index (χ2n) is 5.18. The van der Waals surface area contributed by atoms with E-state index in [-0.39, 0.29) is 29.2 Å². The Kier molecular flexibility index (Phi) is 4.12. The highest BCUT2D eigenvalue weighted by Crippen LogP contribution is 2.21. The van der Waals surface area contributed by atoms with Crippen LogP contribution < -0.4 is 10.6 Å². The predicted molar refractivity (Wildman–Crippen MR) is 87.1 cm³/mol. The Hall–Kier alpha value is -3.75. The summed E-state index contributed by atoms with van der Waals surface area (Å²) in [4.78, 5) is 47.3. The molecule has 25 heavy (non-hydrogen) atoms. The zero-order valence-electron chi connectivity index (χ0n) is 12.8. The minimum atomic E-state index is -0.697. The van der Waals surface area contributed by atoms with Crippen LogP contribution in [0.25, 0.3) is 0 Å². The minimum absolute atomic E-state index is 0.168. The Balaban J connectivity index is 1.62. The fourth-order valence-electron chi connectivity index (χ4n) is 2.41. The summed E-state index contributed by atoms with van der Waals surface area (Å²) < 4.78 is 0. The van der Waals surface area contributed by atoms with Crippen molar-refractivity contribution in [3.05, 3.63) is 69.8 Å². The summed E-state index contributed by atoms with van der Waals surface area (Å²) in [6.45, 7) is -0.312. The fourth-order valence-corrected chi connectivity index (χ4v) is 2.41. The molecule has 0 spiro atoms. The van der Waals surface area contributed by atoms with Gasteiger partial charge in [0.25, 0.3) is 17.5 Å². The monoisotopic (exact) mass is 340 g/mol. The number of anilines is 1. The standard InChI is InChI=1S/C16H12N4O5/c21-14-12-6-1-2-7-13(12)15(22)19(14)9-17-16(23)18-10-4-3-5-11(8-10)20(24)25/h1-8H,9H2,(H2,17,18,23). The largest absolute Gasteiger partial charge is 0.320 e. The molecule has 9 nitrogen and oxygen atoms in total. The summed E-state index contributed by atoms with van der Waals surface area (Å²) >= 11 is 0. The third-order valence-electron chi connectivity index (χ3n) is 3.59. The Morgan fingerprint density at radius 2 is 1.68 bits per heavy atom. The summed E-state index contributed by atoms with van der Waals surface area (Å²) in [5.41, 5.74) is 0.619. The number of amides is 4. The van der Waals surface area contributed by atoms with Crippen LogP contribution >= 0.6 is 0 Å². The molecule has 0 saturated heterocycles. The molecule has 0 saturated carbocycles. The Morgan fingerprint density at radius 1 is 1.04 bits per heavy atom. The number of non-ortho nitro benzene ring substituents is 1. The van der Waals surface area contributed by atoms with Crippen molar-refractivity contribution in [3.63, 3.8) is 0 Å². The molecule has 2 aromatic carbocycles. The van der Waals surface area contributed by atoms with Crippen LogP contribution in [0.4, 0.5) is 16.2 Å². The topological polar surface area (TPSA) is 122 Å². The quantitative estimate of drug-likeness (QED) is 0.500. The number of nitrogens with one attached hydrogen (secondary N) is 2. The first-order valence-electron chi connectivity index (χ1n) is 7.22. The maximum atomic E-state index is 12.2. The number of urea groups is 1. The van der Waals surface area contributed by atoms with Gasteiger partial charge in [-0.15, -0.1) is 0 Å². The number of carbonyl (C=O) groups excluding carboxylic acids is 3. The molecule has 4 amide bonds. The van der Waals surface area contributed by atoms with Gasteiger partial charge in [-0.05, 0) is 18.2 Å². The van der Waals surface area contributed by atoms with Gasteiger partial charge in [-0.25, -0.2) is 4.79 Å². The van der Waals surface area contributed by atoms with E-state index in [1.165, 1.54) is 24.3 Å². The number of hydrogen-bond acceptors (Lipinski definition) is 5. The summed E-state index contributed by atoms with van der Waals surface area (Å²) in [6, 6.07) is 11.1. The zero-order chi connectivity index (χ0) is 18.0. The van der Waals surface area contributed by atoms with Gasteiger partial charge in [0.05, 0.1) is 16.1 Å². The lowest BCUT2D eigenvalue weighted by molar-refractivity contribution is -0.384. The molecule has 2 aromatic rings. The van der Waals surface area contributed by atoms with E-state index in [2.05, 4.69) is 10.6 Å². The number of nitro benzene ring substituents is 1. The second-order valence-corrected chi connectivity index (χ2v) is 5.18. The van der Waals surface area contributed by atoms with Crippen LogP contribution in [0.1, 0.15) is 20.7 Å². The van der Waals surface area contributed by atoms with Crippen LogP contribution in [0, 0.1) is 10.1 Å². The summed E-state index contributed by atoms with van der Waals surface area (Å²) in [7, 11) is 0. The Labute approximate surface area is 141 Å². The van der Waals surface area contributed by atoms with Crippen LogP contribution in [0.3, 0.4) is 0 Å². The molecule has 3 rings (SSSR count). The van der Waals surface area contributed by atoms with E-state index in [0.29, 0.717) is 0 Å². The molecule has 0 bridgehead atoms. The molecule has 0 radical (unpaired) electrons. The van der Waals surface area contributed by atoms with Crippen LogP contribution in [-0.2, 0) is 0 Å². The van der Waals surface area contributed by atoms with Crippen molar-refractivity contribution in [1.29, 1.82) is 0 Å². The third kappa shape index (κ3) is 3.15. The summed E-state index contributed by atoms with van der Waals surface area (Å²) in [6.07, 6.45) is 0. The number of benzene rings is 2. The highest BCUT2D eigenvalue weighted by Gasteiger charge is 2.35. The van der Waals surface area contributed by atoms with Gasteiger partial charge in [0.15, 0.2) is 0 Å². The molecule has 1 aliphatic rings. The molecule has 0 aliphatic carbocycles. The molecule has 0 aromatic heterocycles. The minimum Gasteiger partial charge on any atom is -0.320 e. The van der Waals surface area contributed by atoms with E-state index in [0.717, 1.165) is 4.90 Å². The maximum absolute atomic E-state index is 12.2. The van der Waals surface area contributed by atoms with Gasteiger partial charge in [-0.3, -0.25) is 24.6 Å². The van der Waals surface area contributed by atoms with Gasteiger partial charge in [0, 0.05) is 17.8 Å². The van der Waals surface area contributed by atoms with E-state index in [9.17, 15) is 24.5 Å². The molecule has 0 unspecified atom stereocenters. The van der Waals surface area contributed by atoms with Gasteiger partial charge < -0.3 is 10.6 Å². The summed E-state index contributed by atoms with van der Waals surface area (Å²) in [5.74, 6) is -0.979. The van der Waals surface area contributed by atoms with Gasteiger partial charge >= 0.3 is 6.03 Å². The molecule has 9 heteroatoms. The molecule has 1 aliphatic heterocycles. The van der Waals surface area contributed by atoms with Crippen molar-refractivity contribution in [2.24, 2.45) is 0 Å². The van der Waals surface area contributed by atoms with E-state index in [1.807, 2.05) is 0 Å². The van der Waals surface area contributed by atoms with Crippen LogP contribution in [0.2, 0.25) is 0 Å². The second kappa shape index (κ2) is 6.40. The number of hydrogen-bond donors (Lipinski definition) is 2.